The zero-order valence-corrected chi connectivity index (χ0v) is 24.4. The predicted molar refractivity (Wildman–Crippen MR) is 165 cm³/mol. The number of aryl methyl sites for hydroxylation is 1. The summed E-state index contributed by atoms with van der Waals surface area (Å²) in [6, 6.07) is 10.5. The molecule has 4 heterocycles. The minimum absolute atomic E-state index is 0.0379. The molecule has 0 saturated carbocycles. The molecular formula is C31H30ClFN8O2. The van der Waals surface area contributed by atoms with Crippen molar-refractivity contribution in [1.29, 1.82) is 0 Å². The Hall–Kier alpha value is -4.61. The van der Waals surface area contributed by atoms with Crippen molar-refractivity contribution in [3.63, 3.8) is 0 Å². The number of aromatic amines is 1. The molecule has 10 nitrogen and oxygen atoms in total. The van der Waals surface area contributed by atoms with Crippen molar-refractivity contribution in [3.8, 4) is 22.3 Å². The maximum Gasteiger partial charge on any atom is 0.317 e. The van der Waals surface area contributed by atoms with Gasteiger partial charge in [0.15, 0.2) is 0 Å². The Balaban J connectivity index is 1.27. The lowest BCUT2D eigenvalue weighted by Gasteiger charge is -2.33. The molecule has 1 aliphatic heterocycles. The number of hydrogen-bond acceptors (Lipinski definition) is 8. The molecule has 0 aliphatic carbocycles. The summed E-state index contributed by atoms with van der Waals surface area (Å²) in [6.45, 7) is 6.38. The molecule has 12 heteroatoms. The Morgan fingerprint density at radius 3 is 2.47 bits per heavy atom. The molecular weight excluding hydrogens is 571 g/mol. The van der Waals surface area contributed by atoms with Gasteiger partial charge >= 0.3 is 5.97 Å². The average Bonchev–Trinajstić information content (AvgIpc) is 3.55. The van der Waals surface area contributed by atoms with Crippen LogP contribution in [0.15, 0.2) is 61.2 Å². The van der Waals surface area contributed by atoms with E-state index in [0.717, 1.165) is 33.2 Å². The normalized spacial score (nSPS) is 14.7. The van der Waals surface area contributed by atoms with E-state index in [1.54, 1.807) is 30.9 Å². The molecule has 1 aliphatic rings. The van der Waals surface area contributed by atoms with Crippen LogP contribution in [0.2, 0.25) is 5.02 Å². The second kappa shape index (κ2) is 11.9. The van der Waals surface area contributed by atoms with Gasteiger partial charge in [-0.25, -0.2) is 14.4 Å². The SMILES string of the molecule is Cc1nc2ccc(-c3cnc(N4CCN(CC(=O)O)CC4)nc3)cc2c(NC(C)c2cc(-c3cn[nH]c3)ccc2F)c1Cl. The number of benzene rings is 2. The van der Waals surface area contributed by atoms with E-state index in [1.807, 2.05) is 43.0 Å². The lowest BCUT2D eigenvalue weighted by atomic mass is 10.00. The van der Waals surface area contributed by atoms with Crippen molar-refractivity contribution in [1.82, 2.24) is 30.0 Å². The van der Waals surface area contributed by atoms with Crippen LogP contribution in [0.5, 0.6) is 0 Å². The number of fused-ring (bicyclic) bond motifs is 1. The molecule has 0 amide bonds. The fourth-order valence-corrected chi connectivity index (χ4v) is 5.57. The van der Waals surface area contributed by atoms with Crippen LogP contribution in [0.3, 0.4) is 0 Å². The number of H-pyrrole nitrogens is 1. The van der Waals surface area contributed by atoms with Gasteiger partial charge in [-0.3, -0.25) is 19.8 Å². The van der Waals surface area contributed by atoms with E-state index in [1.165, 1.54) is 6.07 Å². The summed E-state index contributed by atoms with van der Waals surface area (Å²) in [6.07, 6.45) is 7.03. The van der Waals surface area contributed by atoms with E-state index < -0.39 is 12.0 Å². The Bertz CT molecular complexity index is 1770. The molecule has 1 atom stereocenters. The topological polar surface area (TPSA) is 123 Å². The van der Waals surface area contributed by atoms with Crippen LogP contribution in [0, 0.1) is 12.7 Å². The summed E-state index contributed by atoms with van der Waals surface area (Å²) in [5.41, 5.74) is 6.03. The molecule has 3 N–H and O–H groups in total. The monoisotopic (exact) mass is 600 g/mol. The summed E-state index contributed by atoms with van der Waals surface area (Å²) >= 11 is 6.80. The number of rotatable bonds is 8. The molecule has 0 spiro atoms. The Morgan fingerprint density at radius 2 is 1.77 bits per heavy atom. The van der Waals surface area contributed by atoms with Crippen molar-refractivity contribution < 1.29 is 14.3 Å². The molecule has 0 radical (unpaired) electrons. The molecule has 1 fully saturated rings. The molecule has 2 aromatic carbocycles. The molecule has 0 bridgehead atoms. The molecule has 220 valence electrons. The van der Waals surface area contributed by atoms with Gasteiger partial charge in [0, 0.05) is 66.8 Å². The van der Waals surface area contributed by atoms with Gasteiger partial charge in [-0.05, 0) is 49.2 Å². The minimum atomic E-state index is -0.823. The number of nitrogens with one attached hydrogen (secondary N) is 2. The molecule has 3 aromatic heterocycles. The average molecular weight is 601 g/mol. The van der Waals surface area contributed by atoms with Gasteiger partial charge in [-0.1, -0.05) is 23.7 Å². The first-order valence-corrected chi connectivity index (χ1v) is 14.3. The predicted octanol–water partition coefficient (Wildman–Crippen LogP) is 5.56. The lowest BCUT2D eigenvalue weighted by molar-refractivity contribution is -0.138. The molecule has 1 unspecified atom stereocenters. The third kappa shape index (κ3) is 5.99. The number of anilines is 2. The number of aromatic nitrogens is 5. The number of halogens is 2. The van der Waals surface area contributed by atoms with E-state index in [9.17, 15) is 4.79 Å². The van der Waals surface area contributed by atoms with Crippen LogP contribution < -0.4 is 10.2 Å². The first kappa shape index (κ1) is 28.5. The van der Waals surface area contributed by atoms with Crippen molar-refractivity contribution in [2.24, 2.45) is 0 Å². The van der Waals surface area contributed by atoms with Crippen LogP contribution in [-0.2, 0) is 4.79 Å². The third-order valence-corrected chi connectivity index (χ3v) is 8.19. The second-order valence-electron chi connectivity index (χ2n) is 10.6. The fraction of sp³-hybridized carbons (Fsp3) is 0.258. The Kier molecular flexibility index (Phi) is 7.92. The number of piperazine rings is 1. The molecule has 5 aromatic rings. The molecule has 6 rings (SSSR count). The Labute approximate surface area is 252 Å². The number of nitrogens with zero attached hydrogens (tertiary/aromatic N) is 6. The van der Waals surface area contributed by atoms with Crippen molar-refractivity contribution in [3.05, 3.63) is 83.3 Å². The summed E-state index contributed by atoms with van der Waals surface area (Å²) in [4.78, 5) is 28.8. The van der Waals surface area contributed by atoms with Crippen LogP contribution in [0.1, 0.15) is 24.2 Å². The standard InChI is InChI=1S/C31H30ClFN8O2/c1-18(24-11-20(3-5-26(24)33)23-15-36-37-16-23)39-30-25-12-21(4-6-27(25)38-19(2)29(30)32)22-13-34-31(35-14-22)41-9-7-40(8-10-41)17-28(42)43/h3-6,11-16,18H,7-10,17H2,1-2H3,(H,36,37)(H,38,39)(H,42,43). The first-order chi connectivity index (χ1) is 20.8. The van der Waals surface area contributed by atoms with E-state index in [2.05, 4.69) is 35.4 Å². The number of pyridine rings is 1. The van der Waals surface area contributed by atoms with Gasteiger partial charge in [0.25, 0.3) is 0 Å². The quantitative estimate of drug-likeness (QED) is 0.210. The fourth-order valence-electron chi connectivity index (χ4n) is 5.37. The summed E-state index contributed by atoms with van der Waals surface area (Å²) in [5, 5.41) is 20.6. The second-order valence-corrected chi connectivity index (χ2v) is 11.0. The number of carboxylic acids is 1. The van der Waals surface area contributed by atoms with E-state index >= 15 is 4.39 Å². The highest BCUT2D eigenvalue weighted by Crippen LogP contribution is 2.37. The summed E-state index contributed by atoms with van der Waals surface area (Å²) in [5.74, 6) is -0.536. The lowest BCUT2D eigenvalue weighted by Crippen LogP contribution is -2.48. The van der Waals surface area contributed by atoms with E-state index in [4.69, 9.17) is 16.7 Å². The third-order valence-electron chi connectivity index (χ3n) is 7.73. The number of aliphatic carboxylic acids is 1. The number of hydrogen-bond donors (Lipinski definition) is 3. The van der Waals surface area contributed by atoms with Crippen LogP contribution in [0.4, 0.5) is 16.0 Å². The van der Waals surface area contributed by atoms with Gasteiger partial charge in [0.05, 0.1) is 40.7 Å². The zero-order chi connectivity index (χ0) is 30.1. The smallest absolute Gasteiger partial charge is 0.317 e. The van der Waals surface area contributed by atoms with Gasteiger partial charge in [-0.2, -0.15) is 5.10 Å². The number of carboxylic acid groups (broad SMARTS) is 1. The van der Waals surface area contributed by atoms with E-state index in [-0.39, 0.29) is 12.4 Å². The highest BCUT2D eigenvalue weighted by atomic mass is 35.5. The Morgan fingerprint density at radius 1 is 1.05 bits per heavy atom. The first-order valence-electron chi connectivity index (χ1n) is 13.9. The maximum atomic E-state index is 15.0. The van der Waals surface area contributed by atoms with Gasteiger partial charge in [0.2, 0.25) is 5.95 Å². The minimum Gasteiger partial charge on any atom is -0.480 e. The van der Waals surface area contributed by atoms with Gasteiger partial charge in [0.1, 0.15) is 5.82 Å². The van der Waals surface area contributed by atoms with Crippen LogP contribution >= 0.6 is 11.6 Å². The molecule has 43 heavy (non-hydrogen) atoms. The zero-order valence-electron chi connectivity index (χ0n) is 23.7. The van der Waals surface area contributed by atoms with Gasteiger partial charge in [-0.15, -0.1) is 0 Å². The van der Waals surface area contributed by atoms with Crippen molar-refractivity contribution in [2.75, 3.05) is 42.9 Å². The summed E-state index contributed by atoms with van der Waals surface area (Å²) < 4.78 is 15.0. The maximum absolute atomic E-state index is 15.0. The van der Waals surface area contributed by atoms with Crippen molar-refractivity contribution >= 4 is 40.1 Å². The highest BCUT2D eigenvalue weighted by Gasteiger charge is 2.21. The molecule has 1 saturated heterocycles. The highest BCUT2D eigenvalue weighted by molar-refractivity contribution is 6.35. The van der Waals surface area contributed by atoms with Crippen molar-refractivity contribution in [2.45, 2.75) is 19.9 Å². The summed E-state index contributed by atoms with van der Waals surface area (Å²) in [7, 11) is 0. The van der Waals surface area contributed by atoms with E-state index in [0.29, 0.717) is 54.1 Å². The van der Waals surface area contributed by atoms with Crippen LogP contribution in [0.25, 0.3) is 33.2 Å². The largest absolute Gasteiger partial charge is 0.480 e. The van der Waals surface area contributed by atoms with Gasteiger partial charge < -0.3 is 15.3 Å². The van der Waals surface area contributed by atoms with Crippen LogP contribution in [-0.4, -0.2) is 73.8 Å². The number of carbonyl (C=O) groups is 1.